The summed E-state index contributed by atoms with van der Waals surface area (Å²) in [7, 11) is 0. The van der Waals surface area contributed by atoms with Gasteiger partial charge in [0.05, 0.1) is 6.10 Å². The molecule has 2 rings (SSSR count). The third-order valence-electron chi connectivity index (χ3n) is 4.89. The molecule has 0 saturated carbocycles. The third-order valence-corrected chi connectivity index (χ3v) is 5.42. The van der Waals surface area contributed by atoms with Crippen molar-refractivity contribution in [1.29, 1.82) is 0 Å². The minimum absolute atomic E-state index is 0.122. The van der Waals surface area contributed by atoms with E-state index in [1.54, 1.807) is 0 Å². The van der Waals surface area contributed by atoms with Gasteiger partial charge in [-0.05, 0) is 68.3 Å². The van der Waals surface area contributed by atoms with Crippen molar-refractivity contribution in [3.05, 3.63) is 52.5 Å². The van der Waals surface area contributed by atoms with Crippen LogP contribution in [0.25, 0.3) is 5.57 Å². The van der Waals surface area contributed by atoms with Gasteiger partial charge in [0, 0.05) is 16.6 Å². The molecule has 1 aliphatic rings. The fraction of sp³-hybridized carbons (Fsp3) is 0.524. The Labute approximate surface area is 160 Å². The Balaban J connectivity index is 2.10. The van der Waals surface area contributed by atoms with Gasteiger partial charge in [0.2, 0.25) is 0 Å². The van der Waals surface area contributed by atoms with E-state index in [1.165, 1.54) is 11.1 Å². The molecule has 2 atom stereocenters. The number of unbranched alkanes of at least 4 members (excludes halogenated alkanes) is 1. The normalized spacial score (nSPS) is 21.2. The van der Waals surface area contributed by atoms with Gasteiger partial charge in [-0.1, -0.05) is 53.2 Å². The molecular formula is C21H30BrNO2. The smallest absolute Gasteiger partial charge is 0.0538 e. The highest BCUT2D eigenvalue weighted by molar-refractivity contribution is 9.10. The van der Waals surface area contributed by atoms with E-state index in [9.17, 15) is 5.11 Å². The van der Waals surface area contributed by atoms with E-state index in [2.05, 4.69) is 63.7 Å². The highest BCUT2D eigenvalue weighted by Crippen LogP contribution is 2.34. The first-order valence-corrected chi connectivity index (χ1v) is 10.1. The molecule has 25 heavy (non-hydrogen) atoms. The summed E-state index contributed by atoms with van der Waals surface area (Å²) in [5.74, 6) is 0. The molecule has 1 aromatic rings. The van der Waals surface area contributed by atoms with Gasteiger partial charge in [-0.3, -0.25) is 0 Å². The number of benzene rings is 1. The standard InChI is InChI=1S/C21H30BrNO2/c1-2-20(25)11-13-21(23-14-3-4-15-24)12-5-6-18(16-21)17-7-9-19(22)10-8-17/h5-10,12,20,23-25H,2-4,11,13-16H2,1H3. The Morgan fingerprint density at radius 1 is 1.24 bits per heavy atom. The summed E-state index contributed by atoms with van der Waals surface area (Å²) in [6.45, 7) is 3.14. The van der Waals surface area contributed by atoms with Crippen LogP contribution in [-0.4, -0.2) is 35.0 Å². The molecular weight excluding hydrogens is 378 g/mol. The Morgan fingerprint density at radius 2 is 2.00 bits per heavy atom. The number of aliphatic hydroxyl groups is 2. The van der Waals surface area contributed by atoms with Crippen molar-refractivity contribution >= 4 is 21.5 Å². The van der Waals surface area contributed by atoms with Gasteiger partial charge >= 0.3 is 0 Å². The number of rotatable bonds is 10. The summed E-state index contributed by atoms with van der Waals surface area (Å²) in [5, 5.41) is 22.7. The second kappa shape index (κ2) is 10.3. The number of hydrogen-bond donors (Lipinski definition) is 3. The van der Waals surface area contributed by atoms with Crippen LogP contribution in [0.3, 0.4) is 0 Å². The number of nitrogens with one attached hydrogen (secondary N) is 1. The van der Waals surface area contributed by atoms with Crippen molar-refractivity contribution in [3.8, 4) is 0 Å². The molecule has 0 heterocycles. The molecule has 2 unspecified atom stereocenters. The maximum absolute atomic E-state index is 10.0. The first kappa shape index (κ1) is 20.4. The monoisotopic (exact) mass is 407 g/mol. The van der Waals surface area contributed by atoms with Crippen molar-refractivity contribution < 1.29 is 10.2 Å². The Kier molecular flexibility index (Phi) is 8.37. The van der Waals surface area contributed by atoms with Crippen molar-refractivity contribution in [1.82, 2.24) is 5.32 Å². The van der Waals surface area contributed by atoms with Gasteiger partial charge in [-0.25, -0.2) is 0 Å². The maximum atomic E-state index is 10.0. The highest BCUT2D eigenvalue weighted by atomic mass is 79.9. The lowest BCUT2D eigenvalue weighted by Crippen LogP contribution is -2.45. The molecule has 1 aromatic carbocycles. The van der Waals surface area contributed by atoms with Gasteiger partial charge in [0.25, 0.3) is 0 Å². The summed E-state index contributed by atoms with van der Waals surface area (Å²) in [6, 6.07) is 8.44. The summed E-state index contributed by atoms with van der Waals surface area (Å²) in [6.07, 6.45) is 11.5. The van der Waals surface area contributed by atoms with Crippen LogP contribution >= 0.6 is 15.9 Å². The Morgan fingerprint density at radius 3 is 2.68 bits per heavy atom. The minimum atomic E-state index is -0.244. The molecule has 0 spiro atoms. The maximum Gasteiger partial charge on any atom is 0.0538 e. The number of hydrogen-bond acceptors (Lipinski definition) is 3. The van der Waals surface area contributed by atoms with Gasteiger partial charge in [0.15, 0.2) is 0 Å². The Hall–Kier alpha value is -0.940. The zero-order chi connectivity index (χ0) is 18.1. The average molecular weight is 408 g/mol. The largest absolute Gasteiger partial charge is 0.396 e. The lowest BCUT2D eigenvalue weighted by Gasteiger charge is -2.36. The molecule has 0 bridgehead atoms. The predicted octanol–water partition coefficient (Wildman–Crippen LogP) is 4.44. The van der Waals surface area contributed by atoms with E-state index in [4.69, 9.17) is 5.11 Å². The van der Waals surface area contributed by atoms with E-state index in [0.29, 0.717) is 0 Å². The van der Waals surface area contributed by atoms with Gasteiger partial charge in [0.1, 0.15) is 0 Å². The highest BCUT2D eigenvalue weighted by Gasteiger charge is 2.30. The number of allylic oxidation sites excluding steroid dienone is 2. The van der Waals surface area contributed by atoms with Crippen LogP contribution in [0.2, 0.25) is 0 Å². The quantitative estimate of drug-likeness (QED) is 0.502. The zero-order valence-corrected chi connectivity index (χ0v) is 16.6. The predicted molar refractivity (Wildman–Crippen MR) is 108 cm³/mol. The number of aliphatic hydroxyl groups excluding tert-OH is 2. The number of halogens is 1. The summed E-state index contributed by atoms with van der Waals surface area (Å²) >= 11 is 3.50. The first-order valence-electron chi connectivity index (χ1n) is 9.27. The van der Waals surface area contributed by atoms with E-state index in [-0.39, 0.29) is 18.2 Å². The van der Waals surface area contributed by atoms with Gasteiger partial charge < -0.3 is 15.5 Å². The first-order chi connectivity index (χ1) is 12.1. The van der Waals surface area contributed by atoms with Crippen molar-refractivity contribution in [2.45, 2.75) is 57.1 Å². The second-order valence-corrected chi connectivity index (χ2v) is 7.76. The summed E-state index contributed by atoms with van der Waals surface area (Å²) < 4.78 is 1.09. The second-order valence-electron chi connectivity index (χ2n) is 6.85. The van der Waals surface area contributed by atoms with Crippen LogP contribution in [0.4, 0.5) is 0 Å². The summed E-state index contributed by atoms with van der Waals surface area (Å²) in [5.41, 5.74) is 2.43. The van der Waals surface area contributed by atoms with Crippen molar-refractivity contribution in [2.24, 2.45) is 0 Å². The molecule has 4 heteroatoms. The van der Waals surface area contributed by atoms with Crippen molar-refractivity contribution in [3.63, 3.8) is 0 Å². The molecule has 3 nitrogen and oxygen atoms in total. The third kappa shape index (κ3) is 6.37. The van der Waals surface area contributed by atoms with Crippen LogP contribution in [0.15, 0.2) is 47.0 Å². The molecule has 0 aromatic heterocycles. The average Bonchev–Trinajstić information content (AvgIpc) is 2.64. The van der Waals surface area contributed by atoms with E-state index < -0.39 is 0 Å². The molecule has 3 N–H and O–H groups in total. The molecule has 0 radical (unpaired) electrons. The lowest BCUT2D eigenvalue weighted by molar-refractivity contribution is 0.146. The van der Waals surface area contributed by atoms with E-state index >= 15 is 0 Å². The molecule has 0 saturated heterocycles. The molecule has 0 amide bonds. The Bertz CT molecular complexity index is 582. The summed E-state index contributed by atoms with van der Waals surface area (Å²) in [4.78, 5) is 0. The molecule has 1 aliphatic carbocycles. The fourth-order valence-corrected chi connectivity index (χ4v) is 3.52. The molecule has 0 aliphatic heterocycles. The zero-order valence-electron chi connectivity index (χ0n) is 15.0. The van der Waals surface area contributed by atoms with Gasteiger partial charge in [-0.2, -0.15) is 0 Å². The van der Waals surface area contributed by atoms with Gasteiger partial charge in [-0.15, -0.1) is 0 Å². The fourth-order valence-electron chi connectivity index (χ4n) is 3.25. The topological polar surface area (TPSA) is 52.5 Å². The minimum Gasteiger partial charge on any atom is -0.396 e. The van der Waals surface area contributed by atoms with Crippen LogP contribution in [0.5, 0.6) is 0 Å². The van der Waals surface area contributed by atoms with Crippen LogP contribution in [0.1, 0.15) is 51.0 Å². The van der Waals surface area contributed by atoms with Crippen LogP contribution < -0.4 is 5.32 Å². The molecule has 138 valence electrons. The van der Waals surface area contributed by atoms with Crippen LogP contribution in [-0.2, 0) is 0 Å². The lowest BCUT2D eigenvalue weighted by atomic mass is 9.79. The van der Waals surface area contributed by atoms with Crippen molar-refractivity contribution in [2.75, 3.05) is 13.2 Å². The molecule has 0 fully saturated rings. The van der Waals surface area contributed by atoms with E-state index in [0.717, 1.165) is 49.5 Å². The van der Waals surface area contributed by atoms with Crippen LogP contribution in [0, 0.1) is 0 Å². The van der Waals surface area contributed by atoms with E-state index in [1.807, 2.05) is 6.92 Å². The SMILES string of the molecule is CCC(O)CCC1(NCCCCO)C=CC=C(c2ccc(Br)cc2)C1.